The van der Waals surface area contributed by atoms with E-state index < -0.39 is 11.7 Å². The Bertz CT molecular complexity index is 1170. The number of nitrogens with zero attached hydrogens (tertiary/aromatic N) is 3. The number of ketones is 1. The van der Waals surface area contributed by atoms with Gasteiger partial charge in [-0.2, -0.15) is 13.2 Å². The summed E-state index contributed by atoms with van der Waals surface area (Å²) in [6.07, 6.45) is 2.13. The molecule has 1 saturated carbocycles. The molecule has 0 radical (unpaired) electrons. The second-order valence-electron chi connectivity index (χ2n) is 9.78. The summed E-state index contributed by atoms with van der Waals surface area (Å²) in [5.74, 6) is 1.29. The minimum absolute atomic E-state index is 0.0427. The first-order valence-electron chi connectivity index (χ1n) is 12.2. The molecule has 2 heterocycles. The zero-order valence-corrected chi connectivity index (χ0v) is 19.5. The zero-order valence-electron chi connectivity index (χ0n) is 19.5. The Hall–Kier alpha value is -3.00. The molecule has 0 bridgehead atoms. The van der Waals surface area contributed by atoms with E-state index in [1.807, 2.05) is 0 Å². The molecule has 1 saturated heterocycles. The largest absolute Gasteiger partial charge is 0.416 e. The van der Waals surface area contributed by atoms with Crippen LogP contribution in [0, 0.1) is 5.92 Å². The molecule has 184 valence electrons. The molecule has 3 aromatic rings. The lowest BCUT2D eigenvalue weighted by Gasteiger charge is -2.46. The van der Waals surface area contributed by atoms with Crippen LogP contribution >= 0.6 is 0 Å². The van der Waals surface area contributed by atoms with E-state index in [0.29, 0.717) is 29.8 Å². The van der Waals surface area contributed by atoms with E-state index in [0.717, 1.165) is 25.2 Å². The van der Waals surface area contributed by atoms with Crippen molar-refractivity contribution in [2.24, 2.45) is 5.92 Å². The van der Waals surface area contributed by atoms with Gasteiger partial charge in [0.05, 0.1) is 17.6 Å². The van der Waals surface area contributed by atoms with Crippen molar-refractivity contribution in [3.63, 3.8) is 0 Å². The number of benzene rings is 2. The van der Waals surface area contributed by atoms with E-state index in [2.05, 4.69) is 50.5 Å². The second kappa shape index (κ2) is 9.93. The van der Waals surface area contributed by atoms with Crippen molar-refractivity contribution >= 4 is 22.5 Å². The Morgan fingerprint density at radius 2 is 1.74 bits per heavy atom. The van der Waals surface area contributed by atoms with Crippen molar-refractivity contribution < 1.29 is 18.0 Å². The Morgan fingerprint density at radius 1 is 1.00 bits per heavy atom. The van der Waals surface area contributed by atoms with Gasteiger partial charge in [-0.15, -0.1) is 0 Å². The van der Waals surface area contributed by atoms with Crippen LogP contribution in [0.5, 0.6) is 0 Å². The summed E-state index contributed by atoms with van der Waals surface area (Å²) in [5.41, 5.74) is 1.08. The van der Waals surface area contributed by atoms with Crippen molar-refractivity contribution in [3.05, 3.63) is 66.0 Å². The van der Waals surface area contributed by atoms with E-state index in [-0.39, 0.29) is 23.5 Å². The third-order valence-corrected chi connectivity index (χ3v) is 7.40. The number of nitrogens with one attached hydrogen (secondary N) is 1. The summed E-state index contributed by atoms with van der Waals surface area (Å²) in [4.78, 5) is 23.2. The number of carbonyl (C=O) groups excluding carboxylic acids is 1. The van der Waals surface area contributed by atoms with Gasteiger partial charge in [-0.1, -0.05) is 30.3 Å². The van der Waals surface area contributed by atoms with Crippen molar-refractivity contribution in [1.29, 1.82) is 0 Å². The minimum Gasteiger partial charge on any atom is -0.362 e. The number of anilines is 1. The number of alkyl halides is 3. The number of hydrogen-bond donors (Lipinski definition) is 1. The van der Waals surface area contributed by atoms with Crippen LogP contribution in [0.15, 0.2) is 54.9 Å². The Kier molecular flexibility index (Phi) is 6.73. The highest BCUT2D eigenvalue weighted by Gasteiger charge is 2.35. The monoisotopic (exact) mass is 482 g/mol. The number of rotatable bonds is 7. The average molecular weight is 483 g/mol. The van der Waals surface area contributed by atoms with Crippen LogP contribution in [0.25, 0.3) is 10.9 Å². The van der Waals surface area contributed by atoms with Gasteiger partial charge in [0.25, 0.3) is 0 Å². The second-order valence-corrected chi connectivity index (χ2v) is 9.78. The Morgan fingerprint density at radius 3 is 2.46 bits per heavy atom. The van der Waals surface area contributed by atoms with Crippen LogP contribution in [-0.2, 0) is 11.0 Å². The highest BCUT2D eigenvalue weighted by Crippen LogP contribution is 2.37. The highest BCUT2D eigenvalue weighted by atomic mass is 19.4. The first-order chi connectivity index (χ1) is 16.9. The van der Waals surface area contributed by atoms with Crippen LogP contribution in [0.2, 0.25) is 0 Å². The number of aromatic nitrogens is 2. The summed E-state index contributed by atoms with van der Waals surface area (Å²) in [7, 11) is 0. The fraction of sp³-hybridized carbons (Fsp3) is 0.444. The number of hydrogen-bond acceptors (Lipinski definition) is 5. The normalized spacial score (nSPS) is 21.6. The summed E-state index contributed by atoms with van der Waals surface area (Å²) in [6, 6.07) is 14.7. The molecule has 0 unspecified atom stereocenters. The van der Waals surface area contributed by atoms with Gasteiger partial charge in [0.1, 0.15) is 12.1 Å². The lowest BCUT2D eigenvalue weighted by molar-refractivity contribution is -0.137. The third-order valence-electron chi connectivity index (χ3n) is 7.40. The number of carbonyl (C=O) groups is 1. The van der Waals surface area contributed by atoms with Gasteiger partial charge in [-0.3, -0.25) is 9.69 Å². The summed E-state index contributed by atoms with van der Waals surface area (Å²) >= 11 is 0. The maximum absolute atomic E-state index is 13.1. The van der Waals surface area contributed by atoms with E-state index in [9.17, 15) is 18.0 Å². The van der Waals surface area contributed by atoms with Gasteiger partial charge < -0.3 is 5.32 Å². The number of Topliss-reactive ketones (excluding diaryl/α,β-unsaturated/α-hetero) is 1. The summed E-state index contributed by atoms with van der Waals surface area (Å²) in [5, 5.41) is 3.19. The molecule has 5 rings (SSSR count). The van der Waals surface area contributed by atoms with Gasteiger partial charge >= 0.3 is 6.18 Å². The van der Waals surface area contributed by atoms with E-state index >= 15 is 0 Å². The lowest BCUT2D eigenvalue weighted by atomic mass is 9.79. The molecule has 2 aliphatic rings. The fourth-order valence-electron chi connectivity index (χ4n) is 5.49. The van der Waals surface area contributed by atoms with Crippen molar-refractivity contribution in [2.75, 3.05) is 25.0 Å². The molecule has 1 aromatic heterocycles. The maximum atomic E-state index is 13.1. The Balaban J connectivity index is 1.08. The predicted molar refractivity (Wildman–Crippen MR) is 129 cm³/mol. The smallest absolute Gasteiger partial charge is 0.362 e. The number of fused-ring (bicyclic) bond motifs is 1. The van der Waals surface area contributed by atoms with Gasteiger partial charge in [-0.05, 0) is 61.3 Å². The molecule has 1 N–H and O–H groups in total. The molecule has 2 aromatic carbocycles. The minimum atomic E-state index is -4.45. The van der Waals surface area contributed by atoms with Gasteiger partial charge in [0.2, 0.25) is 0 Å². The van der Waals surface area contributed by atoms with Crippen molar-refractivity contribution in [1.82, 2.24) is 14.9 Å². The molecular formula is C27H29F3N4O. The van der Waals surface area contributed by atoms with Gasteiger partial charge in [0.15, 0.2) is 5.78 Å². The van der Waals surface area contributed by atoms with Crippen molar-refractivity contribution in [2.45, 2.75) is 50.2 Å². The van der Waals surface area contributed by atoms with Gasteiger partial charge in [0, 0.05) is 30.9 Å². The summed E-state index contributed by atoms with van der Waals surface area (Å²) < 4.78 is 39.3. The maximum Gasteiger partial charge on any atom is 0.416 e. The first kappa shape index (κ1) is 23.7. The number of halogens is 3. The third kappa shape index (κ3) is 5.48. The molecule has 35 heavy (non-hydrogen) atoms. The first-order valence-corrected chi connectivity index (χ1v) is 12.2. The highest BCUT2D eigenvalue weighted by molar-refractivity contribution is 5.91. The van der Waals surface area contributed by atoms with Crippen LogP contribution in [0.4, 0.5) is 19.0 Å². The molecule has 0 spiro atoms. The quantitative estimate of drug-likeness (QED) is 0.470. The fourth-order valence-corrected chi connectivity index (χ4v) is 5.49. The molecule has 5 nitrogen and oxygen atoms in total. The van der Waals surface area contributed by atoms with Crippen LogP contribution in [0.3, 0.4) is 0 Å². The molecule has 0 amide bonds. The van der Waals surface area contributed by atoms with Gasteiger partial charge in [-0.25, -0.2) is 9.97 Å². The van der Waals surface area contributed by atoms with Crippen LogP contribution in [0.1, 0.15) is 49.1 Å². The van der Waals surface area contributed by atoms with Crippen molar-refractivity contribution in [3.8, 4) is 0 Å². The predicted octanol–water partition coefficient (Wildman–Crippen LogP) is 5.68. The molecule has 2 fully saturated rings. The average Bonchev–Trinajstić information content (AvgIpc) is 2.84. The Labute approximate surface area is 202 Å². The van der Waals surface area contributed by atoms with E-state index in [4.69, 9.17) is 0 Å². The lowest BCUT2D eigenvalue weighted by Crippen LogP contribution is -2.53. The molecular weight excluding hydrogens is 453 g/mol. The topological polar surface area (TPSA) is 58.1 Å². The van der Waals surface area contributed by atoms with E-state index in [1.165, 1.54) is 43.6 Å². The SMILES string of the molecule is O=C(CNc1ncnc2ccc(C(F)(F)F)cc12)CC1CN(C2CCC(c3ccccc3)CC2)C1. The molecule has 8 heteroatoms. The molecule has 0 atom stereocenters. The molecule has 1 aliphatic heterocycles. The standard InChI is InChI=1S/C27H29F3N4O/c28-27(29,30)21-8-11-25-24(13-21)26(33-17-32-25)31-14-23(35)12-18-15-34(16-18)22-9-6-20(7-10-22)19-4-2-1-3-5-19/h1-5,8,11,13,17-18,20,22H,6-7,9-10,12,14-16H2,(H,31,32,33). The number of likely N-dealkylation sites (tertiary alicyclic amines) is 1. The molecule has 1 aliphatic carbocycles. The van der Waals surface area contributed by atoms with Crippen LogP contribution in [-0.4, -0.2) is 46.3 Å². The van der Waals surface area contributed by atoms with Crippen LogP contribution < -0.4 is 5.32 Å². The summed E-state index contributed by atoms with van der Waals surface area (Å²) in [6.45, 7) is 1.93. The van der Waals surface area contributed by atoms with E-state index in [1.54, 1.807) is 0 Å². The zero-order chi connectivity index (χ0) is 24.4.